The predicted octanol–water partition coefficient (Wildman–Crippen LogP) is 6.98. The summed E-state index contributed by atoms with van der Waals surface area (Å²) in [5, 5.41) is 0. The highest BCUT2D eigenvalue weighted by Crippen LogP contribution is 2.35. The van der Waals surface area contributed by atoms with E-state index in [0.29, 0.717) is 0 Å². The van der Waals surface area contributed by atoms with Gasteiger partial charge in [-0.25, -0.2) is 4.98 Å². The molecule has 1 aromatic carbocycles. The van der Waals surface area contributed by atoms with Crippen molar-refractivity contribution in [3.8, 4) is 0 Å². The molecule has 0 saturated heterocycles. The van der Waals surface area contributed by atoms with Crippen LogP contribution >= 0.6 is 0 Å². The smallest absolute Gasteiger partial charge is 0.232 e. The first-order valence-electron chi connectivity index (χ1n) is 12.4. The van der Waals surface area contributed by atoms with Crippen LogP contribution in [0, 0.1) is 27.7 Å². The maximum absolute atomic E-state index is 5.19. The number of aryl methyl sites for hydroxylation is 4. The molecule has 0 saturated carbocycles. The molecule has 4 nitrogen and oxygen atoms in total. The molecular formula is C27H42N4. The summed E-state index contributed by atoms with van der Waals surface area (Å²) in [5.41, 5.74) is 7.71. The van der Waals surface area contributed by atoms with Crippen molar-refractivity contribution in [2.45, 2.75) is 92.9 Å². The Balaban J connectivity index is 1.91. The summed E-state index contributed by atoms with van der Waals surface area (Å²) in [5.74, 6) is 2.06. The number of hydrogen-bond acceptors (Lipinski definition) is 4. The Kier molecular flexibility index (Phi) is 8.34. The molecule has 0 atom stereocenters. The quantitative estimate of drug-likeness (QED) is 0.366. The molecule has 170 valence electrons. The van der Waals surface area contributed by atoms with Gasteiger partial charge in [0.25, 0.3) is 0 Å². The average molecular weight is 423 g/mol. The zero-order valence-electron chi connectivity index (χ0n) is 20.7. The molecule has 2 heterocycles. The third-order valence-corrected chi connectivity index (χ3v) is 6.53. The Morgan fingerprint density at radius 3 is 2.23 bits per heavy atom. The minimum absolute atomic E-state index is 0.873. The van der Waals surface area contributed by atoms with Crippen LogP contribution in [0.5, 0.6) is 0 Å². The fourth-order valence-corrected chi connectivity index (χ4v) is 4.94. The minimum Gasteiger partial charge on any atom is -0.356 e. The second kappa shape index (κ2) is 11.0. The molecule has 2 aromatic rings. The van der Waals surface area contributed by atoms with Crippen LogP contribution in [0.15, 0.2) is 12.1 Å². The molecule has 0 spiro atoms. The first-order chi connectivity index (χ1) is 15.0. The molecule has 1 aliphatic heterocycles. The van der Waals surface area contributed by atoms with Gasteiger partial charge in [-0.3, -0.25) is 0 Å². The molecule has 0 radical (unpaired) electrons. The Hall–Kier alpha value is -2.10. The van der Waals surface area contributed by atoms with E-state index in [9.17, 15) is 0 Å². The van der Waals surface area contributed by atoms with Crippen molar-refractivity contribution in [3.63, 3.8) is 0 Å². The molecule has 0 unspecified atom stereocenters. The maximum atomic E-state index is 5.19. The standard InChI is InChI=1S/C27H42N4/c1-7-9-11-12-13-15-30-17-14-24-23(6)28-27(29-26(24)30)31(16-10-8-2)25-21(4)18-20(3)19-22(25)5/h18-19H,7-17H2,1-6H3. The van der Waals surface area contributed by atoms with Crippen molar-refractivity contribution in [3.05, 3.63) is 40.1 Å². The van der Waals surface area contributed by atoms with E-state index in [1.165, 1.54) is 65.9 Å². The summed E-state index contributed by atoms with van der Waals surface area (Å²) in [4.78, 5) is 15.1. The number of benzene rings is 1. The van der Waals surface area contributed by atoms with Gasteiger partial charge in [0.15, 0.2) is 0 Å². The monoisotopic (exact) mass is 422 g/mol. The second-order valence-corrected chi connectivity index (χ2v) is 9.31. The lowest BCUT2D eigenvalue weighted by Gasteiger charge is -2.28. The molecule has 4 heteroatoms. The van der Waals surface area contributed by atoms with Crippen molar-refractivity contribution in [2.75, 3.05) is 29.4 Å². The largest absolute Gasteiger partial charge is 0.356 e. The van der Waals surface area contributed by atoms with E-state index in [4.69, 9.17) is 9.97 Å². The maximum Gasteiger partial charge on any atom is 0.232 e. The lowest BCUT2D eigenvalue weighted by atomic mass is 10.0. The Bertz CT molecular complexity index is 851. The van der Waals surface area contributed by atoms with Gasteiger partial charge in [0.05, 0.1) is 0 Å². The highest BCUT2D eigenvalue weighted by atomic mass is 15.3. The molecule has 1 aliphatic rings. The van der Waals surface area contributed by atoms with Gasteiger partial charge < -0.3 is 9.80 Å². The lowest BCUT2D eigenvalue weighted by molar-refractivity contribution is 0.621. The van der Waals surface area contributed by atoms with E-state index in [1.807, 2.05) is 0 Å². The van der Waals surface area contributed by atoms with E-state index < -0.39 is 0 Å². The summed E-state index contributed by atoms with van der Waals surface area (Å²) in [6.07, 6.45) is 9.95. The van der Waals surface area contributed by atoms with Crippen LogP contribution in [0.25, 0.3) is 0 Å². The lowest BCUT2D eigenvalue weighted by Crippen LogP contribution is -2.26. The van der Waals surface area contributed by atoms with Gasteiger partial charge in [-0.05, 0) is 58.1 Å². The molecule has 31 heavy (non-hydrogen) atoms. The number of nitrogens with zero attached hydrogens (tertiary/aromatic N) is 4. The van der Waals surface area contributed by atoms with Crippen LogP contribution < -0.4 is 9.80 Å². The van der Waals surface area contributed by atoms with Crippen molar-refractivity contribution < 1.29 is 0 Å². The summed E-state index contributed by atoms with van der Waals surface area (Å²) in [6.45, 7) is 16.5. The average Bonchev–Trinajstić information content (AvgIpc) is 3.13. The van der Waals surface area contributed by atoms with Crippen molar-refractivity contribution in [1.29, 1.82) is 0 Å². The molecule has 0 bridgehead atoms. The molecule has 0 N–H and O–H groups in total. The van der Waals surface area contributed by atoms with Gasteiger partial charge in [-0.1, -0.05) is 63.6 Å². The Labute approximate surface area is 190 Å². The van der Waals surface area contributed by atoms with Gasteiger partial charge in [0.2, 0.25) is 5.95 Å². The number of aromatic nitrogens is 2. The topological polar surface area (TPSA) is 32.3 Å². The fraction of sp³-hybridized carbons (Fsp3) is 0.630. The summed E-state index contributed by atoms with van der Waals surface area (Å²) in [7, 11) is 0. The van der Waals surface area contributed by atoms with Gasteiger partial charge >= 0.3 is 0 Å². The van der Waals surface area contributed by atoms with Gasteiger partial charge in [-0.15, -0.1) is 0 Å². The van der Waals surface area contributed by atoms with Crippen LogP contribution in [0.3, 0.4) is 0 Å². The van der Waals surface area contributed by atoms with E-state index >= 15 is 0 Å². The molecule has 0 aliphatic carbocycles. The molecule has 0 fully saturated rings. The zero-order chi connectivity index (χ0) is 22.4. The number of rotatable bonds is 11. The van der Waals surface area contributed by atoms with Crippen LogP contribution in [0.1, 0.15) is 86.7 Å². The molecule has 0 amide bonds. The molecular weight excluding hydrogens is 380 g/mol. The minimum atomic E-state index is 0.873. The van der Waals surface area contributed by atoms with E-state index in [2.05, 4.69) is 63.5 Å². The number of unbranched alkanes of at least 4 members (excludes halogenated alkanes) is 5. The Morgan fingerprint density at radius 1 is 0.871 bits per heavy atom. The first-order valence-corrected chi connectivity index (χ1v) is 12.4. The predicted molar refractivity (Wildman–Crippen MR) is 134 cm³/mol. The summed E-state index contributed by atoms with van der Waals surface area (Å²) in [6, 6.07) is 4.56. The number of fused-ring (bicyclic) bond motifs is 1. The second-order valence-electron chi connectivity index (χ2n) is 9.31. The zero-order valence-corrected chi connectivity index (χ0v) is 20.7. The van der Waals surface area contributed by atoms with Crippen molar-refractivity contribution in [1.82, 2.24) is 9.97 Å². The number of anilines is 3. The number of hydrogen-bond donors (Lipinski definition) is 0. The van der Waals surface area contributed by atoms with Crippen molar-refractivity contribution in [2.24, 2.45) is 0 Å². The molecule has 1 aromatic heterocycles. The fourth-order valence-electron chi connectivity index (χ4n) is 4.94. The summed E-state index contributed by atoms with van der Waals surface area (Å²) >= 11 is 0. The van der Waals surface area contributed by atoms with Gasteiger partial charge in [0.1, 0.15) is 5.82 Å². The van der Waals surface area contributed by atoms with E-state index in [1.54, 1.807) is 0 Å². The first kappa shape index (κ1) is 23.6. The van der Waals surface area contributed by atoms with Crippen LogP contribution in [0.4, 0.5) is 17.5 Å². The van der Waals surface area contributed by atoms with Crippen LogP contribution in [-0.4, -0.2) is 29.6 Å². The normalized spacial score (nSPS) is 13.0. The third kappa shape index (κ3) is 5.58. The highest BCUT2D eigenvalue weighted by Gasteiger charge is 2.26. The Morgan fingerprint density at radius 2 is 1.55 bits per heavy atom. The SMILES string of the molecule is CCCCCCCN1CCc2c(C)nc(N(CCCC)c3c(C)cc(C)cc3C)nc21. The van der Waals surface area contributed by atoms with Crippen LogP contribution in [-0.2, 0) is 6.42 Å². The van der Waals surface area contributed by atoms with Crippen LogP contribution in [0.2, 0.25) is 0 Å². The van der Waals surface area contributed by atoms with Gasteiger partial charge in [-0.2, -0.15) is 4.98 Å². The van der Waals surface area contributed by atoms with E-state index in [0.717, 1.165) is 50.5 Å². The highest BCUT2D eigenvalue weighted by molar-refractivity contribution is 5.68. The van der Waals surface area contributed by atoms with Crippen molar-refractivity contribution >= 4 is 17.5 Å². The van der Waals surface area contributed by atoms with Gasteiger partial charge in [0, 0.05) is 36.6 Å². The third-order valence-electron chi connectivity index (χ3n) is 6.53. The van der Waals surface area contributed by atoms with E-state index in [-0.39, 0.29) is 0 Å². The molecule has 3 rings (SSSR count). The summed E-state index contributed by atoms with van der Waals surface area (Å²) < 4.78 is 0.